The van der Waals surface area contributed by atoms with Gasteiger partial charge in [-0.2, -0.15) is 0 Å². The number of rotatable bonds is 3. The Hall–Kier alpha value is -1.09. The van der Waals surface area contributed by atoms with Crippen LogP contribution in [0.25, 0.3) is 0 Å². The van der Waals surface area contributed by atoms with Gasteiger partial charge in [0.15, 0.2) is 0 Å². The van der Waals surface area contributed by atoms with Crippen molar-refractivity contribution in [3.63, 3.8) is 0 Å². The molecule has 1 aliphatic carbocycles. The molecule has 0 radical (unpaired) electrons. The smallest absolute Gasteiger partial charge is 0.224 e. The van der Waals surface area contributed by atoms with Gasteiger partial charge in [-0.15, -0.1) is 11.6 Å². The maximum Gasteiger partial charge on any atom is 0.224 e. The first-order valence-corrected chi connectivity index (χ1v) is 6.26. The van der Waals surface area contributed by atoms with Crippen LogP contribution in [0.1, 0.15) is 24.8 Å². The van der Waals surface area contributed by atoms with Gasteiger partial charge in [0.25, 0.3) is 0 Å². The van der Waals surface area contributed by atoms with Crippen LogP contribution in [0.4, 0.5) is 4.39 Å². The van der Waals surface area contributed by atoms with Gasteiger partial charge in [-0.25, -0.2) is 4.39 Å². The number of benzene rings is 1. The van der Waals surface area contributed by atoms with Gasteiger partial charge in [-0.1, -0.05) is 12.1 Å². The normalized spacial score (nSPS) is 23.6. The van der Waals surface area contributed by atoms with Crippen molar-refractivity contribution in [2.45, 2.75) is 37.1 Å². The van der Waals surface area contributed by atoms with Crippen LogP contribution in [-0.2, 0) is 11.2 Å². The summed E-state index contributed by atoms with van der Waals surface area (Å²) in [6.45, 7) is 0. The second kappa shape index (κ2) is 5.50. The summed E-state index contributed by atoms with van der Waals surface area (Å²) in [4.78, 5) is 11.7. The molecule has 2 rings (SSSR count). The molecule has 0 aliphatic heterocycles. The van der Waals surface area contributed by atoms with Gasteiger partial charge in [0.1, 0.15) is 5.82 Å². The first-order valence-electron chi connectivity index (χ1n) is 5.83. The van der Waals surface area contributed by atoms with Crippen LogP contribution < -0.4 is 5.32 Å². The fourth-order valence-corrected chi connectivity index (χ4v) is 2.47. The Morgan fingerprint density at radius 3 is 2.65 bits per heavy atom. The third kappa shape index (κ3) is 3.43. The average Bonchev–Trinajstić information content (AvgIpc) is 2.68. The van der Waals surface area contributed by atoms with E-state index in [4.69, 9.17) is 11.6 Å². The maximum absolute atomic E-state index is 12.7. The number of hydrogen-bond donors (Lipinski definition) is 1. The summed E-state index contributed by atoms with van der Waals surface area (Å²) in [5.41, 5.74) is 0.813. The lowest BCUT2D eigenvalue weighted by Crippen LogP contribution is -2.38. The number of halogens is 2. The highest BCUT2D eigenvalue weighted by Crippen LogP contribution is 2.23. The number of carbonyl (C=O) groups excluding carboxylic acids is 1. The van der Waals surface area contributed by atoms with Gasteiger partial charge in [0.2, 0.25) is 5.91 Å². The topological polar surface area (TPSA) is 29.1 Å². The van der Waals surface area contributed by atoms with E-state index in [2.05, 4.69) is 5.32 Å². The summed E-state index contributed by atoms with van der Waals surface area (Å²) in [6.07, 6.45) is 3.25. The van der Waals surface area contributed by atoms with Crippen LogP contribution in [0.3, 0.4) is 0 Å². The Morgan fingerprint density at radius 1 is 1.35 bits per heavy atom. The lowest BCUT2D eigenvalue weighted by Gasteiger charge is -2.15. The molecule has 0 saturated heterocycles. The van der Waals surface area contributed by atoms with Crippen LogP contribution in [0, 0.1) is 5.82 Å². The molecule has 2 atom stereocenters. The third-order valence-electron chi connectivity index (χ3n) is 3.06. The molecule has 2 unspecified atom stereocenters. The van der Waals surface area contributed by atoms with Crippen molar-refractivity contribution < 1.29 is 9.18 Å². The Bertz CT molecular complexity index is 393. The highest BCUT2D eigenvalue weighted by atomic mass is 35.5. The summed E-state index contributed by atoms with van der Waals surface area (Å²) in [6, 6.07) is 6.07. The van der Waals surface area contributed by atoms with Crippen molar-refractivity contribution in [3.8, 4) is 0 Å². The third-order valence-corrected chi connectivity index (χ3v) is 3.58. The van der Waals surface area contributed by atoms with Gasteiger partial charge in [0, 0.05) is 6.04 Å². The summed E-state index contributed by atoms with van der Waals surface area (Å²) >= 11 is 6.08. The molecule has 1 amide bonds. The van der Waals surface area contributed by atoms with Gasteiger partial charge in [0.05, 0.1) is 11.8 Å². The van der Waals surface area contributed by atoms with Crippen molar-refractivity contribution >= 4 is 17.5 Å². The Kier molecular flexibility index (Phi) is 4.00. The van der Waals surface area contributed by atoms with E-state index in [0.717, 1.165) is 24.8 Å². The van der Waals surface area contributed by atoms with Gasteiger partial charge in [-0.3, -0.25) is 4.79 Å². The van der Waals surface area contributed by atoms with Crippen LogP contribution >= 0.6 is 11.6 Å². The molecule has 0 spiro atoms. The lowest BCUT2D eigenvalue weighted by atomic mass is 10.1. The second-order valence-electron chi connectivity index (χ2n) is 4.42. The number of amides is 1. The molecule has 1 N–H and O–H groups in total. The summed E-state index contributed by atoms with van der Waals surface area (Å²) in [5, 5.41) is 2.98. The highest BCUT2D eigenvalue weighted by molar-refractivity contribution is 6.21. The van der Waals surface area contributed by atoms with E-state index in [1.165, 1.54) is 12.1 Å². The fraction of sp³-hybridized carbons (Fsp3) is 0.462. The molecule has 2 nitrogen and oxygen atoms in total. The van der Waals surface area contributed by atoms with Crippen LogP contribution in [-0.4, -0.2) is 17.3 Å². The molecule has 1 aromatic carbocycles. The minimum absolute atomic E-state index is 0.0471. The molecule has 1 aromatic rings. The highest BCUT2D eigenvalue weighted by Gasteiger charge is 2.26. The van der Waals surface area contributed by atoms with E-state index in [9.17, 15) is 9.18 Å². The van der Waals surface area contributed by atoms with Gasteiger partial charge < -0.3 is 5.32 Å². The van der Waals surface area contributed by atoms with Gasteiger partial charge >= 0.3 is 0 Å². The summed E-state index contributed by atoms with van der Waals surface area (Å²) in [5.74, 6) is -0.333. The molecule has 1 fully saturated rings. The van der Waals surface area contributed by atoms with Crippen molar-refractivity contribution in [2.24, 2.45) is 0 Å². The van der Waals surface area contributed by atoms with E-state index < -0.39 is 0 Å². The molecule has 0 heterocycles. The molecular weight excluding hydrogens is 241 g/mol. The molecule has 1 saturated carbocycles. The molecule has 0 aromatic heterocycles. The maximum atomic E-state index is 12.7. The summed E-state index contributed by atoms with van der Waals surface area (Å²) < 4.78 is 12.7. The summed E-state index contributed by atoms with van der Waals surface area (Å²) in [7, 11) is 0. The van der Waals surface area contributed by atoms with Crippen LogP contribution in [0.15, 0.2) is 24.3 Å². The second-order valence-corrected chi connectivity index (χ2v) is 4.98. The van der Waals surface area contributed by atoms with Crippen molar-refractivity contribution in [3.05, 3.63) is 35.6 Å². The fourth-order valence-electron chi connectivity index (χ4n) is 2.12. The van der Waals surface area contributed by atoms with Crippen LogP contribution in [0.2, 0.25) is 0 Å². The van der Waals surface area contributed by atoms with E-state index in [-0.39, 0.29) is 29.6 Å². The minimum Gasteiger partial charge on any atom is -0.352 e. The Morgan fingerprint density at radius 2 is 2.06 bits per heavy atom. The van der Waals surface area contributed by atoms with E-state index >= 15 is 0 Å². The number of nitrogens with one attached hydrogen (secondary N) is 1. The predicted molar refractivity (Wildman–Crippen MR) is 65.5 cm³/mol. The van der Waals surface area contributed by atoms with E-state index in [0.29, 0.717) is 0 Å². The number of carbonyl (C=O) groups is 1. The molecule has 92 valence electrons. The van der Waals surface area contributed by atoms with Gasteiger partial charge in [-0.05, 0) is 37.0 Å². The zero-order chi connectivity index (χ0) is 12.3. The standard InChI is InChI=1S/C13H15ClFNO/c14-11-2-1-3-12(11)16-13(17)8-9-4-6-10(15)7-5-9/h4-7,11-12H,1-3,8H2,(H,16,17). The molecule has 17 heavy (non-hydrogen) atoms. The quantitative estimate of drug-likeness (QED) is 0.827. The van der Waals surface area contributed by atoms with E-state index in [1.807, 2.05) is 0 Å². The largest absolute Gasteiger partial charge is 0.352 e. The van der Waals surface area contributed by atoms with Crippen LogP contribution in [0.5, 0.6) is 0 Å². The zero-order valence-electron chi connectivity index (χ0n) is 9.46. The molecular formula is C13H15ClFNO. The van der Waals surface area contributed by atoms with Crippen molar-refractivity contribution in [1.82, 2.24) is 5.32 Å². The van der Waals surface area contributed by atoms with E-state index in [1.54, 1.807) is 12.1 Å². The molecule has 4 heteroatoms. The average molecular weight is 256 g/mol. The molecule has 0 bridgehead atoms. The van der Waals surface area contributed by atoms with Crippen molar-refractivity contribution in [1.29, 1.82) is 0 Å². The zero-order valence-corrected chi connectivity index (χ0v) is 10.2. The lowest BCUT2D eigenvalue weighted by molar-refractivity contribution is -0.121. The number of hydrogen-bond acceptors (Lipinski definition) is 1. The molecule has 1 aliphatic rings. The Labute approximate surface area is 105 Å². The first-order chi connectivity index (χ1) is 8.15. The monoisotopic (exact) mass is 255 g/mol. The first kappa shape index (κ1) is 12.4. The number of alkyl halides is 1. The predicted octanol–water partition coefficient (Wildman–Crippen LogP) is 2.64. The Balaban J connectivity index is 1.86. The SMILES string of the molecule is O=C(Cc1ccc(F)cc1)NC1CCCC1Cl. The van der Waals surface area contributed by atoms with Crippen molar-refractivity contribution in [2.75, 3.05) is 0 Å². The minimum atomic E-state index is -0.286.